The zero-order valence-corrected chi connectivity index (χ0v) is 51.3. The molecule has 14 N–H and O–H groups in total. The number of phenolic OH excluding ortho intramolecular Hbond substituents is 5. The zero-order chi connectivity index (χ0) is 64.9. The largest absolute Gasteiger partial charge is 0.508 e. The van der Waals surface area contributed by atoms with Crippen LogP contribution in [0.3, 0.4) is 0 Å². The van der Waals surface area contributed by atoms with E-state index in [9.17, 15) is 61.0 Å². The number of aliphatic hydroxyl groups is 5. The van der Waals surface area contributed by atoms with Gasteiger partial charge in [0.25, 0.3) is 5.91 Å². The van der Waals surface area contributed by atoms with Crippen molar-refractivity contribution in [2.45, 2.75) is 55.1 Å². The van der Waals surface area contributed by atoms with Crippen LogP contribution in [0, 0.1) is 0 Å². The number of aliphatic imine (C=N–C) groups is 5. The molecule has 7 atom stereocenters. The fourth-order valence-electron chi connectivity index (χ4n) is 10.2. The van der Waals surface area contributed by atoms with E-state index in [-0.39, 0.29) is 99.7 Å². The summed E-state index contributed by atoms with van der Waals surface area (Å²) in [6.45, 7) is 0. The number of carbonyl (C=O) groups is 2. The molecule has 2 aliphatic heterocycles. The molecule has 2 aliphatic rings. The SMILES string of the molecule is CN1C(=O)C(c2cc(Cl)c(O)c(Cl)c2)N=C(O)C2N=C(O)C(c3cc(Cl)c(O)c(Cl)c3)N=C(O)C(N=C(O)C(N)c3cc(Cl)c(O)c(Cl)c3)Cc3c[nH]c4c(c(Cl)ccc34)-c3cc2cc(c3O)Oc2cccc(c2)CC1C(O)=NC(C(=O)O)c1ccc(O)cc1. The second-order valence-corrected chi connectivity index (χ2v) is 23.5. The molecule has 9 bridgehead atoms. The minimum atomic E-state index is -2.09. The lowest BCUT2D eigenvalue weighted by Crippen LogP contribution is -2.46. The van der Waals surface area contributed by atoms with E-state index < -0.39 is 117 Å². The molecule has 0 fully saturated rings. The molecule has 0 aliphatic carbocycles. The van der Waals surface area contributed by atoms with Crippen molar-refractivity contribution in [3.63, 3.8) is 0 Å². The number of carboxylic acids is 1. The maximum absolute atomic E-state index is 15.6. The Bertz CT molecular complexity index is 4320. The highest BCUT2D eigenvalue weighted by molar-refractivity contribution is 6.38. The molecule has 1 amide bonds. The van der Waals surface area contributed by atoms with Gasteiger partial charge >= 0.3 is 5.97 Å². The van der Waals surface area contributed by atoms with Crippen molar-refractivity contribution >= 4 is 133 Å². The lowest BCUT2D eigenvalue weighted by Gasteiger charge is -2.30. The van der Waals surface area contributed by atoms with Crippen LogP contribution in [-0.4, -0.2) is 127 Å². The van der Waals surface area contributed by atoms with Crippen LogP contribution in [0.15, 0.2) is 140 Å². The Morgan fingerprint density at radius 3 is 1.77 bits per heavy atom. The lowest BCUT2D eigenvalue weighted by atomic mass is 9.95. The number of aliphatic carboxylic acids is 1. The van der Waals surface area contributed by atoms with Gasteiger partial charge < -0.3 is 76.5 Å². The van der Waals surface area contributed by atoms with Crippen molar-refractivity contribution in [3.8, 4) is 51.4 Å². The van der Waals surface area contributed by atoms with Crippen LogP contribution in [0.1, 0.15) is 69.2 Å². The minimum absolute atomic E-state index is 0.0129. The molecular formula is C61H47Cl7N8O14. The highest BCUT2D eigenvalue weighted by Crippen LogP contribution is 2.49. The first kappa shape index (κ1) is 64.2. The molecule has 0 saturated heterocycles. The van der Waals surface area contributed by atoms with Crippen LogP contribution >= 0.6 is 81.2 Å². The molecule has 7 aromatic carbocycles. The van der Waals surface area contributed by atoms with Gasteiger partial charge in [-0.3, -0.25) is 4.79 Å². The topological polar surface area (TPSA) is 373 Å². The second kappa shape index (κ2) is 25.9. The van der Waals surface area contributed by atoms with Gasteiger partial charge in [-0.1, -0.05) is 112 Å². The molecule has 7 unspecified atom stereocenters. The van der Waals surface area contributed by atoms with Crippen LogP contribution in [0.5, 0.6) is 40.2 Å². The monoisotopic (exact) mass is 1360 g/mol. The summed E-state index contributed by atoms with van der Waals surface area (Å²) >= 11 is 45.6. The van der Waals surface area contributed by atoms with Crippen molar-refractivity contribution in [1.82, 2.24) is 9.88 Å². The van der Waals surface area contributed by atoms with Gasteiger partial charge in [0.05, 0.1) is 40.7 Å². The number of aromatic amines is 1. The Morgan fingerprint density at radius 1 is 0.633 bits per heavy atom. The predicted octanol–water partition coefficient (Wildman–Crippen LogP) is 13.9. The van der Waals surface area contributed by atoms with Crippen molar-refractivity contribution in [2.75, 3.05) is 7.05 Å². The Labute approximate surface area is 544 Å². The number of carbonyl (C=O) groups excluding carboxylic acids is 1. The number of carboxylic acid groups (broad SMARTS) is 1. The number of amides is 1. The number of nitrogens with two attached hydrogens (primary N) is 1. The maximum Gasteiger partial charge on any atom is 0.333 e. The molecule has 1 aromatic heterocycles. The molecule has 464 valence electrons. The number of nitrogens with one attached hydrogen (secondary N) is 1. The van der Waals surface area contributed by atoms with E-state index in [0.717, 1.165) is 29.2 Å². The van der Waals surface area contributed by atoms with Crippen LogP contribution < -0.4 is 10.5 Å². The van der Waals surface area contributed by atoms with E-state index in [4.69, 9.17) is 91.7 Å². The second-order valence-electron chi connectivity index (χ2n) is 20.7. The molecule has 90 heavy (non-hydrogen) atoms. The number of benzene rings is 7. The summed E-state index contributed by atoms with van der Waals surface area (Å²) in [5, 5.41) is 125. The fraction of sp³-hybridized carbons (Fsp3) is 0.164. The third kappa shape index (κ3) is 13.0. The molecule has 10 rings (SSSR count). The van der Waals surface area contributed by atoms with Crippen molar-refractivity contribution in [3.05, 3.63) is 189 Å². The lowest BCUT2D eigenvalue weighted by molar-refractivity contribution is -0.138. The number of H-pyrrole nitrogens is 1. The number of fused-ring (bicyclic) bond motifs is 5. The van der Waals surface area contributed by atoms with Crippen molar-refractivity contribution in [1.29, 1.82) is 0 Å². The minimum Gasteiger partial charge on any atom is -0.508 e. The van der Waals surface area contributed by atoms with Gasteiger partial charge in [-0.25, -0.2) is 29.8 Å². The molecule has 8 aromatic rings. The Morgan fingerprint density at radius 2 is 1.18 bits per heavy atom. The number of hydrogen-bond donors (Lipinski definition) is 13. The first-order valence-corrected chi connectivity index (χ1v) is 29.2. The van der Waals surface area contributed by atoms with Gasteiger partial charge in [0, 0.05) is 42.6 Å². The smallest absolute Gasteiger partial charge is 0.333 e. The number of hydrogen-bond acceptors (Lipinski definition) is 14. The number of phenols is 5. The standard InChI is InChI=1S/C61H47Cl7N8O14/c1-76-42(56(83)75-49(61(88)89)24-5-7-30(77)8-6-24)12-23-3-2-4-31(11-23)90-43-21-26-13-33(51(43)78)44-34(62)10-9-32-29(22-70-50(32)44)20-41(71-57(84)45(69)25-14-35(63)52(79)36(64)15-25)55(82)72-47(27-16-37(65)53(80)38(66)17-27)58(85)73-46(26)59(86)74-48(60(76)87)28-18-39(67)54(81)40(68)19-28/h2-11,13-19,21-22,41-42,45-49,70,77-81H,12,20,69H2,1H3,(H,71,84)(H,72,82)(H,73,85)(H,74,86)(H,75,83)(H,88,89). The van der Waals surface area contributed by atoms with Crippen LogP contribution in [-0.2, 0) is 22.4 Å². The average Bonchev–Trinajstić information content (AvgIpc) is 1.42. The summed E-state index contributed by atoms with van der Waals surface area (Å²) in [5.74, 6) is -10.3. The number of aromatic nitrogens is 1. The molecule has 22 nitrogen and oxygen atoms in total. The van der Waals surface area contributed by atoms with Crippen molar-refractivity contribution in [2.24, 2.45) is 30.7 Å². The predicted molar refractivity (Wildman–Crippen MR) is 343 cm³/mol. The van der Waals surface area contributed by atoms with E-state index in [2.05, 4.69) is 29.9 Å². The average molecular weight is 1360 g/mol. The quantitative estimate of drug-likeness (QED) is 0.0472. The van der Waals surface area contributed by atoms with Crippen molar-refractivity contribution < 1.29 is 70.5 Å². The van der Waals surface area contributed by atoms with Gasteiger partial charge in [0.2, 0.25) is 29.5 Å². The fourth-order valence-corrected chi connectivity index (χ4v) is 12.0. The van der Waals surface area contributed by atoms with E-state index >= 15 is 4.79 Å². The van der Waals surface area contributed by atoms with Gasteiger partial charge in [0.15, 0.2) is 52.9 Å². The summed E-state index contributed by atoms with van der Waals surface area (Å²) < 4.78 is 6.51. The molecule has 0 radical (unpaired) electrons. The van der Waals surface area contributed by atoms with E-state index in [1.54, 1.807) is 12.1 Å². The van der Waals surface area contributed by atoms with E-state index in [1.165, 1.54) is 86.0 Å². The molecule has 29 heteroatoms. The number of nitrogens with zero attached hydrogens (tertiary/aromatic N) is 6. The highest BCUT2D eigenvalue weighted by Gasteiger charge is 2.37. The van der Waals surface area contributed by atoms with E-state index in [1.807, 2.05) is 0 Å². The molecule has 0 saturated carbocycles. The van der Waals surface area contributed by atoms with Gasteiger partial charge in [-0.2, -0.15) is 0 Å². The number of aromatic hydroxyl groups is 5. The molecule has 0 spiro atoms. The summed E-state index contributed by atoms with van der Waals surface area (Å²) in [5.41, 5.74) is 6.92. The number of aliphatic hydroxyl groups excluding tert-OH is 5. The maximum atomic E-state index is 15.6. The summed E-state index contributed by atoms with van der Waals surface area (Å²) in [6, 6.07) is 10.9. The number of rotatable bonds is 9. The first-order chi connectivity index (χ1) is 42.7. The highest BCUT2D eigenvalue weighted by atomic mass is 35.5. The van der Waals surface area contributed by atoms with Gasteiger partial charge in [-0.15, -0.1) is 0 Å². The van der Waals surface area contributed by atoms with Gasteiger partial charge in [0.1, 0.15) is 29.6 Å². The third-order valence-corrected chi connectivity index (χ3v) is 16.9. The number of ether oxygens (including phenoxy) is 1. The summed E-state index contributed by atoms with van der Waals surface area (Å²) in [6.07, 6.45) is 0.838. The molecular weight excluding hydrogens is 1320 g/mol. The number of likely N-dealkylation sites (N-methyl/N-ethyl adjacent to an activating group) is 1. The Hall–Kier alpha value is -8.84. The zero-order valence-electron chi connectivity index (χ0n) is 46.0. The molecule has 3 heterocycles. The first-order valence-electron chi connectivity index (χ1n) is 26.5. The van der Waals surface area contributed by atoms with Gasteiger partial charge in [-0.05, 0) is 118 Å². The van der Waals surface area contributed by atoms with Crippen LogP contribution in [0.25, 0.3) is 22.0 Å². The van der Waals surface area contributed by atoms with E-state index in [0.29, 0.717) is 16.5 Å². The number of halogens is 7. The normalized spacial score (nSPS) is 19.2. The Kier molecular flexibility index (Phi) is 18.5. The summed E-state index contributed by atoms with van der Waals surface area (Å²) in [4.78, 5) is 54.7. The van der Waals surface area contributed by atoms with Crippen LogP contribution in [0.4, 0.5) is 0 Å². The Balaban J connectivity index is 1.27. The third-order valence-electron chi connectivity index (χ3n) is 14.8. The van der Waals surface area contributed by atoms with Crippen LogP contribution in [0.2, 0.25) is 35.2 Å². The summed E-state index contributed by atoms with van der Waals surface area (Å²) in [7, 11) is 1.21.